The molecule has 7 nitrogen and oxygen atoms in total. The minimum absolute atomic E-state index is 0.0229. The van der Waals surface area contributed by atoms with Crippen LogP contribution in [0.2, 0.25) is 0 Å². The van der Waals surface area contributed by atoms with Gasteiger partial charge in [-0.1, -0.05) is 0 Å². The first kappa shape index (κ1) is 25.2. The summed E-state index contributed by atoms with van der Waals surface area (Å²) in [4.78, 5) is 7.65. The van der Waals surface area contributed by atoms with Crippen LogP contribution >= 0.6 is 0 Å². The van der Waals surface area contributed by atoms with Crippen molar-refractivity contribution in [2.75, 3.05) is 0 Å². The third-order valence-electron chi connectivity index (χ3n) is 5.41. The fourth-order valence-corrected chi connectivity index (χ4v) is 4.74. The van der Waals surface area contributed by atoms with Crippen LogP contribution in [0.5, 0.6) is 0 Å². The molecule has 0 spiro atoms. The molecule has 3 heterocycles. The topological polar surface area (TPSA) is 101 Å². The monoisotopic (exact) mass is 521 g/mol. The SMILES string of the molecule is Cc1cc2c(cc1F)c(C#N)c(-c1ccc(S(=O)(=O)NC(C)C(F)(F)F)cn1)n2-c1cc(F)ccn1. The molecule has 0 aliphatic rings. The number of nitrogens with zero attached hydrogens (tertiary/aromatic N) is 4. The minimum atomic E-state index is -4.80. The van der Waals surface area contributed by atoms with E-state index in [2.05, 4.69) is 9.97 Å². The Morgan fingerprint density at radius 2 is 1.83 bits per heavy atom. The van der Waals surface area contributed by atoms with Crippen molar-refractivity contribution < 1.29 is 30.4 Å². The van der Waals surface area contributed by atoms with E-state index in [1.807, 2.05) is 6.07 Å². The first-order valence-electron chi connectivity index (χ1n) is 10.3. The van der Waals surface area contributed by atoms with Gasteiger partial charge >= 0.3 is 6.18 Å². The van der Waals surface area contributed by atoms with Crippen LogP contribution < -0.4 is 4.72 Å². The van der Waals surface area contributed by atoms with Crippen molar-refractivity contribution in [3.05, 3.63) is 71.6 Å². The summed E-state index contributed by atoms with van der Waals surface area (Å²) in [5, 5.41) is 10.1. The highest BCUT2D eigenvalue weighted by Crippen LogP contribution is 2.36. The third kappa shape index (κ3) is 4.52. The predicted octanol–water partition coefficient (Wildman–Crippen LogP) is 4.77. The number of pyridine rings is 2. The number of fused-ring (bicyclic) bond motifs is 1. The molecule has 0 aliphatic heterocycles. The lowest BCUT2D eigenvalue weighted by molar-refractivity contribution is -0.147. The third-order valence-corrected chi connectivity index (χ3v) is 6.93. The minimum Gasteiger partial charge on any atom is -0.291 e. The number of aromatic nitrogens is 3. The number of hydrogen-bond donors (Lipinski definition) is 1. The number of aryl methyl sites for hydroxylation is 1. The van der Waals surface area contributed by atoms with Crippen LogP contribution in [0.1, 0.15) is 18.1 Å². The highest BCUT2D eigenvalue weighted by atomic mass is 32.2. The largest absolute Gasteiger partial charge is 0.404 e. The van der Waals surface area contributed by atoms with Crippen LogP contribution in [0.15, 0.2) is 53.7 Å². The van der Waals surface area contributed by atoms with E-state index < -0.39 is 38.8 Å². The van der Waals surface area contributed by atoms with E-state index in [1.54, 1.807) is 0 Å². The molecule has 1 unspecified atom stereocenters. The zero-order valence-electron chi connectivity index (χ0n) is 18.6. The van der Waals surface area contributed by atoms with E-state index in [1.165, 1.54) is 34.5 Å². The molecule has 0 amide bonds. The molecule has 0 saturated heterocycles. The van der Waals surface area contributed by atoms with Crippen LogP contribution in [-0.2, 0) is 10.0 Å². The van der Waals surface area contributed by atoms with Gasteiger partial charge in [-0.25, -0.2) is 22.2 Å². The van der Waals surface area contributed by atoms with Crippen LogP contribution in [0.4, 0.5) is 22.0 Å². The standard InChI is InChI=1S/C23H16F5N5O2S/c1-12-7-20-16(9-18(12)25)17(10-29)22(33(20)21-8-14(24)5-6-30-21)19-4-3-15(11-31-19)36(34,35)32-13(2)23(26,27)28/h3-9,11,13,32H,1-2H3. The number of hydrogen-bond acceptors (Lipinski definition) is 5. The van der Waals surface area contributed by atoms with Gasteiger partial charge in [-0.2, -0.15) is 23.2 Å². The van der Waals surface area contributed by atoms with Crippen molar-refractivity contribution in [2.24, 2.45) is 0 Å². The van der Waals surface area contributed by atoms with Crippen LogP contribution in [0.25, 0.3) is 28.1 Å². The van der Waals surface area contributed by atoms with E-state index in [-0.39, 0.29) is 33.7 Å². The van der Waals surface area contributed by atoms with Crippen molar-refractivity contribution in [1.29, 1.82) is 5.26 Å². The van der Waals surface area contributed by atoms with E-state index in [4.69, 9.17) is 0 Å². The molecule has 13 heteroatoms. The number of benzene rings is 1. The van der Waals surface area contributed by atoms with Crippen molar-refractivity contribution in [1.82, 2.24) is 19.3 Å². The molecule has 3 aromatic heterocycles. The first-order valence-corrected chi connectivity index (χ1v) is 11.7. The average Bonchev–Trinajstić information content (AvgIpc) is 3.11. The van der Waals surface area contributed by atoms with Crippen molar-refractivity contribution in [3.8, 4) is 23.3 Å². The summed E-state index contributed by atoms with van der Waals surface area (Å²) in [7, 11) is -4.58. The first-order chi connectivity index (χ1) is 16.8. The number of sulfonamides is 1. The molecule has 0 aliphatic carbocycles. The number of alkyl halides is 3. The Hall–Kier alpha value is -3.89. The molecule has 4 aromatic rings. The summed E-state index contributed by atoms with van der Waals surface area (Å²) in [5.74, 6) is -1.18. The van der Waals surface area contributed by atoms with E-state index in [0.29, 0.717) is 12.4 Å². The van der Waals surface area contributed by atoms with Crippen LogP contribution in [0, 0.1) is 29.9 Å². The van der Waals surface area contributed by atoms with Gasteiger partial charge in [0.25, 0.3) is 0 Å². The molecule has 0 fully saturated rings. The van der Waals surface area contributed by atoms with Crippen molar-refractivity contribution in [2.45, 2.75) is 31.0 Å². The molecule has 36 heavy (non-hydrogen) atoms. The second-order valence-electron chi connectivity index (χ2n) is 7.89. The Morgan fingerprint density at radius 1 is 1.11 bits per heavy atom. The summed E-state index contributed by atoms with van der Waals surface area (Å²) in [6, 6.07) is 6.61. The molecule has 4 rings (SSSR count). The predicted molar refractivity (Wildman–Crippen MR) is 120 cm³/mol. The number of rotatable bonds is 5. The molecular weight excluding hydrogens is 505 g/mol. The fourth-order valence-electron chi connectivity index (χ4n) is 3.57. The summed E-state index contributed by atoms with van der Waals surface area (Å²) in [5.41, 5.74) is 0.610. The van der Waals surface area contributed by atoms with Gasteiger partial charge in [-0.3, -0.25) is 9.55 Å². The Bertz CT molecular complexity index is 1620. The molecule has 1 aromatic carbocycles. The maximum atomic E-state index is 14.4. The number of nitrogens with one attached hydrogen (secondary N) is 1. The van der Waals surface area contributed by atoms with Crippen LogP contribution in [-0.4, -0.2) is 35.2 Å². The molecule has 1 atom stereocenters. The van der Waals surface area contributed by atoms with Crippen molar-refractivity contribution in [3.63, 3.8) is 0 Å². The van der Waals surface area contributed by atoms with Gasteiger partial charge in [-0.05, 0) is 49.7 Å². The zero-order chi connectivity index (χ0) is 26.4. The van der Waals surface area contributed by atoms with Gasteiger partial charge in [-0.15, -0.1) is 0 Å². The van der Waals surface area contributed by atoms with Gasteiger partial charge < -0.3 is 0 Å². The lowest BCUT2D eigenvalue weighted by Gasteiger charge is -2.17. The molecule has 0 saturated carbocycles. The Kier molecular flexibility index (Phi) is 6.27. The van der Waals surface area contributed by atoms with Gasteiger partial charge in [0.1, 0.15) is 34.5 Å². The summed E-state index contributed by atoms with van der Waals surface area (Å²) < 4.78 is 94.6. The van der Waals surface area contributed by atoms with E-state index in [0.717, 1.165) is 30.5 Å². The summed E-state index contributed by atoms with van der Waals surface area (Å²) >= 11 is 0. The van der Waals surface area contributed by atoms with E-state index >= 15 is 0 Å². The Morgan fingerprint density at radius 3 is 2.42 bits per heavy atom. The lowest BCUT2D eigenvalue weighted by Crippen LogP contribution is -2.42. The molecule has 1 N–H and O–H groups in total. The summed E-state index contributed by atoms with van der Waals surface area (Å²) in [6.45, 7) is 2.16. The van der Waals surface area contributed by atoms with Gasteiger partial charge in [0.15, 0.2) is 0 Å². The fraction of sp³-hybridized carbons (Fsp3) is 0.174. The molecule has 0 radical (unpaired) electrons. The second kappa shape index (κ2) is 8.96. The quantitative estimate of drug-likeness (QED) is 0.381. The van der Waals surface area contributed by atoms with Gasteiger partial charge in [0.05, 0.1) is 22.5 Å². The number of halogens is 5. The number of nitriles is 1. The highest BCUT2D eigenvalue weighted by molar-refractivity contribution is 7.89. The Balaban J connectivity index is 1.92. The van der Waals surface area contributed by atoms with Gasteiger partial charge in [0.2, 0.25) is 10.0 Å². The second-order valence-corrected chi connectivity index (χ2v) is 9.60. The highest BCUT2D eigenvalue weighted by Gasteiger charge is 2.39. The maximum absolute atomic E-state index is 14.4. The molecule has 0 bridgehead atoms. The van der Waals surface area contributed by atoms with Crippen LogP contribution in [0.3, 0.4) is 0 Å². The molecule has 186 valence electrons. The normalized spacial score (nSPS) is 13.1. The molecular formula is C23H16F5N5O2S. The Labute approximate surface area is 201 Å². The van der Waals surface area contributed by atoms with Crippen molar-refractivity contribution >= 4 is 20.9 Å². The zero-order valence-corrected chi connectivity index (χ0v) is 19.4. The smallest absolute Gasteiger partial charge is 0.291 e. The van der Waals surface area contributed by atoms with E-state index in [9.17, 15) is 35.6 Å². The van der Waals surface area contributed by atoms with Gasteiger partial charge in [0, 0.05) is 23.8 Å². The lowest BCUT2D eigenvalue weighted by atomic mass is 10.1. The summed E-state index contributed by atoms with van der Waals surface area (Å²) in [6.07, 6.45) is -2.78. The maximum Gasteiger partial charge on any atom is 0.404 e. The average molecular weight is 521 g/mol.